The third kappa shape index (κ3) is 2.16. The van der Waals surface area contributed by atoms with Crippen LogP contribution in [-0.4, -0.2) is 0 Å². The first kappa shape index (κ1) is 16.0. The van der Waals surface area contributed by atoms with E-state index in [0.29, 0.717) is 10.8 Å². The van der Waals surface area contributed by atoms with Crippen LogP contribution in [0.3, 0.4) is 0 Å². The van der Waals surface area contributed by atoms with Gasteiger partial charge < -0.3 is 0 Å². The van der Waals surface area contributed by atoms with Gasteiger partial charge in [-0.3, -0.25) is 0 Å². The van der Waals surface area contributed by atoms with Gasteiger partial charge in [-0.25, -0.2) is 0 Å². The summed E-state index contributed by atoms with van der Waals surface area (Å²) < 4.78 is 0. The van der Waals surface area contributed by atoms with Crippen LogP contribution in [0.25, 0.3) is 0 Å². The molecule has 0 aromatic heterocycles. The number of hydrogen-bond acceptors (Lipinski definition) is 0. The Balaban J connectivity index is 1.71. The molecule has 0 N–H and O–H groups in total. The highest BCUT2D eigenvalue weighted by atomic mass is 14.6. The zero-order valence-corrected chi connectivity index (χ0v) is 16.0. The summed E-state index contributed by atoms with van der Waals surface area (Å²) in [5.41, 5.74) is 4.73. The summed E-state index contributed by atoms with van der Waals surface area (Å²) >= 11 is 0. The Morgan fingerprint density at radius 2 is 1.74 bits per heavy atom. The van der Waals surface area contributed by atoms with Crippen molar-refractivity contribution in [2.75, 3.05) is 0 Å². The van der Waals surface area contributed by atoms with Crippen molar-refractivity contribution < 1.29 is 0 Å². The molecule has 0 heterocycles. The van der Waals surface area contributed by atoms with Crippen molar-refractivity contribution in [2.45, 2.75) is 79.6 Å². The van der Waals surface area contributed by atoms with Crippen LogP contribution >= 0.6 is 0 Å². The maximum absolute atomic E-state index is 2.64. The molecule has 0 radical (unpaired) electrons. The number of hydrogen-bond donors (Lipinski definition) is 0. The van der Waals surface area contributed by atoms with E-state index >= 15 is 0 Å². The van der Waals surface area contributed by atoms with Crippen molar-refractivity contribution in [3.8, 4) is 0 Å². The monoisotopic (exact) mass is 312 g/mol. The highest BCUT2D eigenvalue weighted by molar-refractivity contribution is 5.38. The van der Waals surface area contributed by atoms with E-state index in [4.69, 9.17) is 0 Å². The van der Waals surface area contributed by atoms with Gasteiger partial charge in [0.1, 0.15) is 0 Å². The molecular weight excluding hydrogens is 276 g/mol. The van der Waals surface area contributed by atoms with E-state index < -0.39 is 0 Å². The van der Waals surface area contributed by atoms with Crippen LogP contribution in [0.1, 0.15) is 79.6 Å². The van der Waals surface area contributed by atoms with E-state index in [1.54, 1.807) is 5.57 Å². The third-order valence-electron chi connectivity index (χ3n) is 8.70. The van der Waals surface area contributed by atoms with Crippen molar-refractivity contribution in [1.82, 2.24) is 0 Å². The topological polar surface area (TPSA) is 0 Å². The van der Waals surface area contributed by atoms with Crippen molar-refractivity contribution >= 4 is 0 Å². The van der Waals surface area contributed by atoms with Gasteiger partial charge in [0.05, 0.1) is 0 Å². The van der Waals surface area contributed by atoms with Gasteiger partial charge in [-0.1, -0.05) is 57.9 Å². The lowest BCUT2D eigenvalue weighted by Gasteiger charge is -2.55. The molecule has 3 saturated carbocycles. The molecule has 0 bridgehead atoms. The average Bonchev–Trinajstić information content (AvgIpc) is 2.85. The fourth-order valence-electron chi connectivity index (χ4n) is 7.32. The van der Waals surface area contributed by atoms with Crippen LogP contribution in [0.2, 0.25) is 0 Å². The largest absolute Gasteiger partial charge is 0.0634 e. The molecule has 4 aliphatic carbocycles. The van der Waals surface area contributed by atoms with Crippen molar-refractivity contribution in [2.24, 2.45) is 40.4 Å². The van der Waals surface area contributed by atoms with E-state index in [0.717, 1.165) is 29.6 Å². The van der Waals surface area contributed by atoms with Gasteiger partial charge in [0.2, 0.25) is 0 Å². The van der Waals surface area contributed by atoms with Gasteiger partial charge in [-0.15, -0.1) is 0 Å². The average molecular weight is 313 g/mol. The van der Waals surface area contributed by atoms with Crippen molar-refractivity contribution in [3.63, 3.8) is 0 Å². The molecule has 4 aliphatic rings. The second kappa shape index (κ2) is 5.24. The minimum Gasteiger partial charge on any atom is -0.0634 e. The molecule has 0 spiro atoms. The summed E-state index contributed by atoms with van der Waals surface area (Å²) in [7, 11) is 0. The zero-order valence-electron chi connectivity index (χ0n) is 16.0. The van der Waals surface area contributed by atoms with Gasteiger partial charge in [-0.05, 0) is 85.4 Å². The molecule has 4 rings (SSSR count). The van der Waals surface area contributed by atoms with Crippen molar-refractivity contribution in [3.05, 3.63) is 23.3 Å². The maximum atomic E-state index is 2.64. The highest BCUT2D eigenvalue weighted by Crippen LogP contribution is 2.66. The fourth-order valence-corrected chi connectivity index (χ4v) is 7.32. The van der Waals surface area contributed by atoms with E-state index in [-0.39, 0.29) is 0 Å². The first-order valence-corrected chi connectivity index (χ1v) is 10.3. The Morgan fingerprint density at radius 3 is 2.48 bits per heavy atom. The first-order valence-electron chi connectivity index (χ1n) is 10.3. The predicted molar refractivity (Wildman–Crippen MR) is 99.2 cm³/mol. The Morgan fingerprint density at radius 1 is 0.957 bits per heavy atom. The number of allylic oxidation sites excluding steroid dienone is 4. The lowest BCUT2D eigenvalue weighted by molar-refractivity contribution is 0.0500. The second-order valence-corrected chi connectivity index (χ2v) is 10.2. The predicted octanol–water partition coefficient (Wildman–Crippen LogP) is 6.78. The summed E-state index contributed by atoms with van der Waals surface area (Å²) in [6, 6.07) is 0. The molecule has 0 nitrogen and oxygen atoms in total. The fraction of sp³-hybridized carbons (Fsp3) is 0.826. The highest BCUT2D eigenvalue weighted by Gasteiger charge is 2.56. The molecule has 0 unspecified atom stereocenters. The molecule has 0 aromatic rings. The summed E-state index contributed by atoms with van der Waals surface area (Å²) in [6.07, 6.45) is 15.2. The number of rotatable bonds is 1. The molecule has 6 atom stereocenters. The van der Waals surface area contributed by atoms with Gasteiger partial charge in [-0.2, -0.15) is 0 Å². The van der Waals surface area contributed by atoms with Crippen molar-refractivity contribution in [1.29, 1.82) is 0 Å². The van der Waals surface area contributed by atoms with E-state index in [2.05, 4.69) is 46.8 Å². The van der Waals surface area contributed by atoms with E-state index in [1.165, 1.54) is 44.9 Å². The van der Waals surface area contributed by atoms with Crippen LogP contribution in [0.15, 0.2) is 23.3 Å². The maximum Gasteiger partial charge on any atom is -0.00474 e. The van der Waals surface area contributed by atoms with Crippen LogP contribution in [0, 0.1) is 40.4 Å². The number of fused-ring (bicyclic) bond motifs is 5. The molecule has 3 fully saturated rings. The third-order valence-corrected chi connectivity index (χ3v) is 8.70. The summed E-state index contributed by atoms with van der Waals surface area (Å²) in [4.78, 5) is 0. The summed E-state index contributed by atoms with van der Waals surface area (Å²) in [6.45, 7) is 12.6. The van der Waals surface area contributed by atoms with Crippen LogP contribution < -0.4 is 0 Å². The Bertz CT molecular complexity index is 550. The van der Waals surface area contributed by atoms with Crippen LogP contribution in [-0.2, 0) is 0 Å². The second-order valence-electron chi connectivity index (χ2n) is 10.2. The molecule has 0 aliphatic heterocycles. The lowest BCUT2D eigenvalue weighted by Crippen LogP contribution is -2.45. The smallest absolute Gasteiger partial charge is 0.00474 e. The van der Waals surface area contributed by atoms with Gasteiger partial charge in [0.15, 0.2) is 0 Å². The minimum atomic E-state index is 0.494. The Labute approximate surface area is 143 Å². The quantitative estimate of drug-likeness (QED) is 0.500. The molecule has 23 heavy (non-hydrogen) atoms. The summed E-state index contributed by atoms with van der Waals surface area (Å²) in [5, 5.41) is 0. The minimum absolute atomic E-state index is 0.494. The molecule has 128 valence electrons. The van der Waals surface area contributed by atoms with Gasteiger partial charge >= 0.3 is 0 Å². The van der Waals surface area contributed by atoms with Gasteiger partial charge in [0.25, 0.3) is 0 Å². The van der Waals surface area contributed by atoms with E-state index in [1.807, 2.05) is 5.57 Å². The first-order chi connectivity index (χ1) is 10.9. The standard InChI is InChI=1S/C23H36/c1-15(2)19-8-9-20-18-7-6-17-14-16(3)10-12-22(17,4)21(18)11-13-23(19,20)5/h6-7,15-16,19-21H,8-14H2,1-5H3/t16-,19+,20-,21-,22-,23+/m0/s1. The Kier molecular flexibility index (Phi) is 3.64. The normalized spacial score (nSPS) is 49.1. The van der Waals surface area contributed by atoms with E-state index in [9.17, 15) is 0 Å². The Hall–Kier alpha value is -0.520. The molecule has 0 heteroatoms. The molecule has 0 aromatic carbocycles. The van der Waals surface area contributed by atoms with Crippen LogP contribution in [0.5, 0.6) is 0 Å². The summed E-state index contributed by atoms with van der Waals surface area (Å²) in [5.74, 6) is 4.43. The lowest BCUT2D eigenvalue weighted by atomic mass is 9.49. The molecule has 0 amide bonds. The SMILES string of the molecule is CC(C)[C@H]1CC[C@H]2C3=CC=C4C[C@@H](C)CC[C@]4(C)[C@H]3CC[C@]12C. The molecular formula is C23H36. The zero-order chi connectivity index (χ0) is 16.4. The molecule has 0 saturated heterocycles. The van der Waals surface area contributed by atoms with Crippen LogP contribution in [0.4, 0.5) is 0 Å². The van der Waals surface area contributed by atoms with Gasteiger partial charge in [0, 0.05) is 0 Å².